The minimum atomic E-state index is -0.951. The molecule has 62 valence electrons. The van der Waals surface area contributed by atoms with Crippen molar-refractivity contribution in [3.05, 3.63) is 35.4 Å². The lowest BCUT2D eigenvalue weighted by molar-refractivity contribution is 0.00403. The summed E-state index contributed by atoms with van der Waals surface area (Å²) in [5, 5.41) is 0. The Bertz CT molecular complexity index is 344. The number of hydrogen-bond acceptors (Lipinski definition) is 3. The minimum absolute atomic E-state index is 0.337. The first-order valence-electron chi connectivity index (χ1n) is 3.73. The van der Waals surface area contributed by atoms with Crippen molar-refractivity contribution in [3.8, 4) is 0 Å². The molecule has 2 N–H and O–H groups in total. The average molecular weight is 163 g/mol. The highest BCUT2D eigenvalue weighted by molar-refractivity contribution is 5.94. The summed E-state index contributed by atoms with van der Waals surface area (Å²) >= 11 is 0. The normalized spacial score (nSPS) is 26.7. The molecule has 2 rings (SSSR count). The van der Waals surface area contributed by atoms with Crippen molar-refractivity contribution in [2.75, 3.05) is 0 Å². The van der Waals surface area contributed by atoms with E-state index in [-0.39, 0.29) is 5.97 Å². The van der Waals surface area contributed by atoms with Gasteiger partial charge in [0.05, 0.1) is 5.56 Å². The summed E-state index contributed by atoms with van der Waals surface area (Å²) in [5.41, 5.74) is 6.12. The van der Waals surface area contributed by atoms with E-state index in [1.807, 2.05) is 6.07 Å². The van der Waals surface area contributed by atoms with E-state index in [1.54, 1.807) is 25.1 Å². The Morgan fingerprint density at radius 1 is 1.42 bits per heavy atom. The Hall–Kier alpha value is -1.35. The molecule has 0 aliphatic carbocycles. The van der Waals surface area contributed by atoms with Crippen LogP contribution < -0.4 is 5.73 Å². The smallest absolute Gasteiger partial charge is 0.340 e. The number of carbonyl (C=O) groups is 1. The quantitative estimate of drug-likeness (QED) is 0.580. The Balaban J connectivity index is 2.66. The van der Waals surface area contributed by atoms with Crippen LogP contribution >= 0.6 is 0 Å². The molecule has 0 bridgehead atoms. The summed E-state index contributed by atoms with van der Waals surface area (Å²) in [7, 11) is 0. The summed E-state index contributed by atoms with van der Waals surface area (Å²) in [6.45, 7) is 1.68. The second kappa shape index (κ2) is 2.08. The molecule has 0 amide bonds. The monoisotopic (exact) mass is 163 g/mol. The summed E-state index contributed by atoms with van der Waals surface area (Å²) in [6, 6.07) is 7.16. The van der Waals surface area contributed by atoms with Gasteiger partial charge >= 0.3 is 5.97 Å². The van der Waals surface area contributed by atoms with E-state index in [0.29, 0.717) is 5.56 Å². The second-order valence-corrected chi connectivity index (χ2v) is 3.04. The predicted octanol–water partition coefficient (Wildman–Crippen LogP) is 0.988. The molecule has 1 atom stereocenters. The summed E-state index contributed by atoms with van der Waals surface area (Å²) in [5.74, 6) is -0.337. The van der Waals surface area contributed by atoms with E-state index in [0.717, 1.165) is 5.56 Å². The highest BCUT2D eigenvalue weighted by Gasteiger charge is 2.37. The zero-order valence-corrected chi connectivity index (χ0v) is 6.70. The third-order valence-electron chi connectivity index (χ3n) is 1.99. The minimum Gasteiger partial charge on any atom is -0.436 e. The van der Waals surface area contributed by atoms with Crippen molar-refractivity contribution in [3.63, 3.8) is 0 Å². The number of cyclic esters (lactones) is 1. The van der Waals surface area contributed by atoms with Gasteiger partial charge in [0.15, 0.2) is 5.72 Å². The molecule has 1 unspecified atom stereocenters. The molecule has 3 heteroatoms. The number of hydrogen-bond donors (Lipinski definition) is 1. The van der Waals surface area contributed by atoms with Gasteiger partial charge in [0.2, 0.25) is 0 Å². The van der Waals surface area contributed by atoms with Crippen molar-refractivity contribution in [2.24, 2.45) is 5.73 Å². The van der Waals surface area contributed by atoms with Gasteiger partial charge in [-0.2, -0.15) is 0 Å². The fraction of sp³-hybridized carbons (Fsp3) is 0.222. The van der Waals surface area contributed by atoms with Gasteiger partial charge in [-0.3, -0.25) is 5.73 Å². The maximum Gasteiger partial charge on any atom is 0.340 e. The molecule has 1 aliphatic rings. The largest absolute Gasteiger partial charge is 0.436 e. The number of fused-ring (bicyclic) bond motifs is 1. The number of nitrogens with two attached hydrogens (primary N) is 1. The van der Waals surface area contributed by atoms with Crippen molar-refractivity contribution in [2.45, 2.75) is 12.6 Å². The summed E-state index contributed by atoms with van der Waals surface area (Å²) in [4.78, 5) is 11.2. The van der Waals surface area contributed by atoms with Gasteiger partial charge in [-0.15, -0.1) is 0 Å². The van der Waals surface area contributed by atoms with Crippen LogP contribution in [0.3, 0.4) is 0 Å². The number of rotatable bonds is 0. The van der Waals surface area contributed by atoms with Crippen molar-refractivity contribution >= 4 is 5.97 Å². The number of esters is 1. The molecule has 0 fully saturated rings. The van der Waals surface area contributed by atoms with Crippen molar-refractivity contribution < 1.29 is 9.53 Å². The SMILES string of the molecule is CC1(N)OC(=O)c2ccccc21. The molecule has 0 saturated heterocycles. The van der Waals surface area contributed by atoms with Crippen LogP contribution in [0.15, 0.2) is 24.3 Å². The van der Waals surface area contributed by atoms with Gasteiger partial charge < -0.3 is 4.74 Å². The van der Waals surface area contributed by atoms with E-state index in [9.17, 15) is 4.79 Å². The molecule has 0 aromatic heterocycles. The molecular weight excluding hydrogens is 154 g/mol. The van der Waals surface area contributed by atoms with E-state index in [2.05, 4.69) is 0 Å². The predicted molar refractivity (Wildman–Crippen MR) is 43.4 cm³/mol. The van der Waals surface area contributed by atoms with Crippen LogP contribution in [0.1, 0.15) is 22.8 Å². The Morgan fingerprint density at radius 3 is 2.75 bits per heavy atom. The van der Waals surface area contributed by atoms with Gasteiger partial charge in [0, 0.05) is 5.56 Å². The molecule has 0 saturated carbocycles. The van der Waals surface area contributed by atoms with E-state index in [4.69, 9.17) is 10.5 Å². The fourth-order valence-corrected chi connectivity index (χ4v) is 1.40. The zero-order chi connectivity index (χ0) is 8.77. The molecule has 1 heterocycles. The van der Waals surface area contributed by atoms with Gasteiger partial charge in [-0.1, -0.05) is 18.2 Å². The van der Waals surface area contributed by atoms with Crippen molar-refractivity contribution in [1.29, 1.82) is 0 Å². The lowest BCUT2D eigenvalue weighted by Crippen LogP contribution is -2.32. The van der Waals surface area contributed by atoms with Crippen LogP contribution in [0.4, 0.5) is 0 Å². The lowest BCUT2D eigenvalue weighted by atomic mass is 10.0. The molecule has 1 aromatic rings. The first-order valence-corrected chi connectivity index (χ1v) is 3.73. The maximum absolute atomic E-state index is 11.2. The summed E-state index contributed by atoms with van der Waals surface area (Å²) < 4.78 is 4.96. The van der Waals surface area contributed by atoms with Crippen molar-refractivity contribution in [1.82, 2.24) is 0 Å². The van der Waals surface area contributed by atoms with Crippen LogP contribution in [-0.4, -0.2) is 5.97 Å². The molecule has 0 spiro atoms. The Labute approximate surface area is 70.1 Å². The van der Waals surface area contributed by atoms with E-state index < -0.39 is 5.72 Å². The van der Waals surface area contributed by atoms with Gasteiger partial charge in [0.1, 0.15) is 0 Å². The van der Waals surface area contributed by atoms with Crippen LogP contribution in [0.5, 0.6) is 0 Å². The summed E-state index contributed by atoms with van der Waals surface area (Å²) in [6.07, 6.45) is 0. The lowest BCUT2D eigenvalue weighted by Gasteiger charge is -2.16. The first kappa shape index (κ1) is 7.31. The molecule has 3 nitrogen and oxygen atoms in total. The molecule has 1 aromatic carbocycles. The Morgan fingerprint density at radius 2 is 2.08 bits per heavy atom. The molecular formula is C9H9NO2. The fourth-order valence-electron chi connectivity index (χ4n) is 1.40. The highest BCUT2D eigenvalue weighted by atomic mass is 16.6. The first-order chi connectivity index (χ1) is 5.61. The highest BCUT2D eigenvalue weighted by Crippen LogP contribution is 2.31. The van der Waals surface area contributed by atoms with Crippen LogP contribution in [0.25, 0.3) is 0 Å². The topological polar surface area (TPSA) is 52.3 Å². The third-order valence-corrected chi connectivity index (χ3v) is 1.99. The molecule has 1 aliphatic heterocycles. The van der Waals surface area contributed by atoms with E-state index >= 15 is 0 Å². The average Bonchev–Trinajstić information content (AvgIpc) is 2.25. The second-order valence-electron chi connectivity index (χ2n) is 3.04. The number of carbonyl (C=O) groups excluding carboxylic acids is 1. The zero-order valence-electron chi connectivity index (χ0n) is 6.70. The van der Waals surface area contributed by atoms with Gasteiger partial charge in [-0.25, -0.2) is 4.79 Å². The number of benzene rings is 1. The third kappa shape index (κ3) is 0.833. The van der Waals surface area contributed by atoms with Crippen LogP contribution in [-0.2, 0) is 10.5 Å². The number of ether oxygens (including phenoxy) is 1. The van der Waals surface area contributed by atoms with Crippen LogP contribution in [0.2, 0.25) is 0 Å². The van der Waals surface area contributed by atoms with E-state index in [1.165, 1.54) is 0 Å². The Kier molecular flexibility index (Phi) is 1.26. The standard InChI is InChI=1S/C9H9NO2/c1-9(10)7-5-3-2-4-6(7)8(11)12-9/h2-5H,10H2,1H3. The maximum atomic E-state index is 11.2. The van der Waals surface area contributed by atoms with Gasteiger partial charge in [0.25, 0.3) is 0 Å². The van der Waals surface area contributed by atoms with Crippen LogP contribution in [0, 0.1) is 0 Å². The van der Waals surface area contributed by atoms with Gasteiger partial charge in [-0.05, 0) is 13.0 Å². The molecule has 12 heavy (non-hydrogen) atoms. The molecule has 0 radical (unpaired) electrons.